The molecule has 0 heterocycles. The van der Waals surface area contributed by atoms with Crippen molar-refractivity contribution in [3.05, 3.63) is 63.6 Å². The minimum atomic E-state index is 0. The molecule has 0 bridgehead atoms. The molecule has 0 aliphatic heterocycles. The van der Waals surface area contributed by atoms with Gasteiger partial charge in [0.25, 0.3) is 0 Å². The summed E-state index contributed by atoms with van der Waals surface area (Å²) in [6.45, 7) is 6.67. The number of rotatable bonds is 7. The van der Waals surface area contributed by atoms with Crippen molar-refractivity contribution in [1.29, 1.82) is 0 Å². The van der Waals surface area contributed by atoms with E-state index in [1.165, 1.54) is 5.56 Å². The predicted molar refractivity (Wildman–Crippen MR) is 101 cm³/mol. The van der Waals surface area contributed by atoms with Gasteiger partial charge in [0, 0.05) is 22.2 Å². The molecule has 5 heteroatoms. The first-order valence-electron chi connectivity index (χ1n) is 7.41. The van der Waals surface area contributed by atoms with Crippen LogP contribution in [0, 0.1) is 5.92 Å². The van der Waals surface area contributed by atoms with Crippen LogP contribution < -0.4 is 10.1 Å². The number of nitrogens with one attached hydrogen (secondary N) is 1. The van der Waals surface area contributed by atoms with Gasteiger partial charge < -0.3 is 10.1 Å². The summed E-state index contributed by atoms with van der Waals surface area (Å²) >= 11 is 12.0. The van der Waals surface area contributed by atoms with Gasteiger partial charge in [-0.05, 0) is 42.3 Å². The van der Waals surface area contributed by atoms with E-state index in [-0.39, 0.29) is 12.4 Å². The molecule has 1 N–H and O–H groups in total. The highest BCUT2D eigenvalue weighted by atomic mass is 35.5. The number of halogens is 3. The maximum Gasteiger partial charge on any atom is 0.120 e. The Morgan fingerprint density at radius 1 is 1.09 bits per heavy atom. The molecule has 0 aliphatic carbocycles. The van der Waals surface area contributed by atoms with E-state index in [1.54, 1.807) is 6.07 Å². The van der Waals surface area contributed by atoms with Crippen molar-refractivity contribution in [2.24, 2.45) is 5.92 Å². The molecule has 23 heavy (non-hydrogen) atoms. The van der Waals surface area contributed by atoms with E-state index in [4.69, 9.17) is 27.9 Å². The normalized spacial score (nSPS) is 10.5. The lowest BCUT2D eigenvalue weighted by Crippen LogP contribution is -2.18. The summed E-state index contributed by atoms with van der Waals surface area (Å²) in [7, 11) is 0. The van der Waals surface area contributed by atoms with Crippen molar-refractivity contribution in [3.8, 4) is 5.75 Å². The highest BCUT2D eigenvalue weighted by Gasteiger charge is 2.03. The summed E-state index contributed by atoms with van der Waals surface area (Å²) in [6.07, 6.45) is 0. The van der Waals surface area contributed by atoms with Gasteiger partial charge >= 0.3 is 0 Å². The lowest BCUT2D eigenvalue weighted by atomic mass is 10.2. The summed E-state index contributed by atoms with van der Waals surface area (Å²) in [4.78, 5) is 0. The van der Waals surface area contributed by atoms with Crippen molar-refractivity contribution in [2.45, 2.75) is 27.0 Å². The molecule has 0 spiro atoms. The average molecular weight is 375 g/mol. The van der Waals surface area contributed by atoms with E-state index in [0.717, 1.165) is 24.4 Å². The fourth-order valence-electron chi connectivity index (χ4n) is 2.05. The Balaban J connectivity index is 0.00000264. The Kier molecular flexibility index (Phi) is 8.78. The van der Waals surface area contributed by atoms with Gasteiger partial charge in [-0.3, -0.25) is 0 Å². The predicted octanol–water partition coefficient (Wildman–Crippen LogP) is 5.74. The highest BCUT2D eigenvalue weighted by molar-refractivity contribution is 6.35. The molecule has 0 saturated heterocycles. The van der Waals surface area contributed by atoms with Crippen LogP contribution in [0.1, 0.15) is 25.0 Å². The minimum absolute atomic E-state index is 0. The molecule has 126 valence electrons. The molecule has 0 aromatic heterocycles. The SMILES string of the molecule is CC(C)CNCc1cccc(OCc2ccc(Cl)cc2Cl)c1.Cl. The van der Waals surface area contributed by atoms with E-state index in [1.807, 2.05) is 24.3 Å². The lowest BCUT2D eigenvalue weighted by molar-refractivity contribution is 0.306. The third-order valence-corrected chi connectivity index (χ3v) is 3.78. The number of hydrogen-bond donors (Lipinski definition) is 1. The van der Waals surface area contributed by atoms with Gasteiger partial charge in [0.2, 0.25) is 0 Å². The van der Waals surface area contributed by atoms with E-state index in [9.17, 15) is 0 Å². The van der Waals surface area contributed by atoms with Gasteiger partial charge in [0.1, 0.15) is 12.4 Å². The molecule has 0 amide bonds. The van der Waals surface area contributed by atoms with Crippen LogP contribution in [0.25, 0.3) is 0 Å². The van der Waals surface area contributed by atoms with Gasteiger partial charge in [-0.15, -0.1) is 12.4 Å². The van der Waals surface area contributed by atoms with Crippen LogP contribution in [-0.4, -0.2) is 6.54 Å². The number of hydrogen-bond acceptors (Lipinski definition) is 2. The molecule has 0 fully saturated rings. The zero-order valence-corrected chi connectivity index (χ0v) is 15.6. The van der Waals surface area contributed by atoms with Gasteiger partial charge in [0.05, 0.1) is 0 Å². The Hall–Kier alpha value is -0.930. The minimum Gasteiger partial charge on any atom is -0.489 e. The van der Waals surface area contributed by atoms with Gasteiger partial charge in [-0.1, -0.05) is 55.2 Å². The van der Waals surface area contributed by atoms with E-state index < -0.39 is 0 Å². The highest BCUT2D eigenvalue weighted by Crippen LogP contribution is 2.23. The second kappa shape index (κ2) is 10.0. The monoisotopic (exact) mass is 373 g/mol. The standard InChI is InChI=1S/C18H21Cl2NO.ClH/c1-13(2)10-21-11-14-4-3-5-17(8-14)22-12-15-6-7-16(19)9-18(15)20;/h3-9,13,21H,10-12H2,1-2H3;1H. The van der Waals surface area contributed by atoms with Crippen molar-refractivity contribution >= 4 is 35.6 Å². The Bertz CT molecular complexity index is 617. The largest absolute Gasteiger partial charge is 0.489 e. The van der Waals surface area contributed by atoms with Gasteiger partial charge in [0.15, 0.2) is 0 Å². The van der Waals surface area contributed by atoms with Crippen LogP contribution in [0.5, 0.6) is 5.75 Å². The van der Waals surface area contributed by atoms with E-state index >= 15 is 0 Å². The van der Waals surface area contributed by atoms with Crippen LogP contribution in [0.2, 0.25) is 10.0 Å². The molecular weight excluding hydrogens is 353 g/mol. The molecule has 0 aliphatic rings. The van der Waals surface area contributed by atoms with Crippen molar-refractivity contribution < 1.29 is 4.74 Å². The third-order valence-electron chi connectivity index (χ3n) is 3.19. The molecular formula is C18H22Cl3NO. The molecule has 0 radical (unpaired) electrons. The molecule has 0 unspecified atom stereocenters. The maximum absolute atomic E-state index is 6.15. The Labute approximate surface area is 154 Å². The number of ether oxygens (including phenoxy) is 1. The average Bonchev–Trinajstić information content (AvgIpc) is 2.46. The van der Waals surface area contributed by atoms with Crippen LogP contribution >= 0.6 is 35.6 Å². The van der Waals surface area contributed by atoms with Crippen LogP contribution in [0.3, 0.4) is 0 Å². The summed E-state index contributed by atoms with van der Waals surface area (Å²) in [6, 6.07) is 13.5. The molecule has 0 saturated carbocycles. The second-order valence-corrected chi connectivity index (χ2v) is 6.54. The van der Waals surface area contributed by atoms with E-state index in [2.05, 4.69) is 31.3 Å². The van der Waals surface area contributed by atoms with Crippen LogP contribution in [-0.2, 0) is 13.2 Å². The van der Waals surface area contributed by atoms with Crippen LogP contribution in [0.15, 0.2) is 42.5 Å². The molecule has 2 rings (SSSR count). The van der Waals surface area contributed by atoms with Gasteiger partial charge in [-0.25, -0.2) is 0 Å². The second-order valence-electron chi connectivity index (χ2n) is 5.70. The summed E-state index contributed by atoms with van der Waals surface area (Å²) < 4.78 is 5.83. The quantitative estimate of drug-likeness (QED) is 0.667. The Morgan fingerprint density at radius 2 is 1.87 bits per heavy atom. The molecule has 0 atom stereocenters. The first kappa shape index (κ1) is 20.1. The molecule has 2 nitrogen and oxygen atoms in total. The first-order chi connectivity index (χ1) is 10.5. The number of benzene rings is 2. The summed E-state index contributed by atoms with van der Waals surface area (Å²) in [5.41, 5.74) is 2.13. The maximum atomic E-state index is 6.15. The molecule has 2 aromatic carbocycles. The summed E-state index contributed by atoms with van der Waals surface area (Å²) in [5, 5.41) is 4.68. The van der Waals surface area contributed by atoms with Crippen molar-refractivity contribution in [1.82, 2.24) is 5.32 Å². The lowest BCUT2D eigenvalue weighted by Gasteiger charge is -2.11. The zero-order valence-electron chi connectivity index (χ0n) is 13.3. The van der Waals surface area contributed by atoms with Crippen LogP contribution in [0.4, 0.5) is 0 Å². The first-order valence-corrected chi connectivity index (χ1v) is 8.16. The van der Waals surface area contributed by atoms with Gasteiger partial charge in [-0.2, -0.15) is 0 Å². The Morgan fingerprint density at radius 3 is 2.57 bits per heavy atom. The fraction of sp³-hybridized carbons (Fsp3) is 0.333. The van der Waals surface area contributed by atoms with Crippen molar-refractivity contribution in [3.63, 3.8) is 0 Å². The topological polar surface area (TPSA) is 21.3 Å². The van der Waals surface area contributed by atoms with Crippen molar-refractivity contribution in [2.75, 3.05) is 6.54 Å². The third kappa shape index (κ3) is 7.01. The fourth-order valence-corrected chi connectivity index (χ4v) is 2.51. The van der Waals surface area contributed by atoms with E-state index in [0.29, 0.717) is 22.6 Å². The summed E-state index contributed by atoms with van der Waals surface area (Å²) in [5.74, 6) is 1.49. The smallest absolute Gasteiger partial charge is 0.120 e. The molecule has 2 aromatic rings. The zero-order chi connectivity index (χ0) is 15.9.